The van der Waals surface area contributed by atoms with E-state index in [0.717, 1.165) is 30.9 Å². The van der Waals surface area contributed by atoms with E-state index in [1.807, 2.05) is 19.9 Å². The quantitative estimate of drug-likeness (QED) is 0.356. The number of hydrogen-bond acceptors (Lipinski definition) is 6. The summed E-state index contributed by atoms with van der Waals surface area (Å²) >= 11 is 0. The number of anilines is 1. The molecule has 0 N–H and O–H groups in total. The van der Waals surface area contributed by atoms with Gasteiger partial charge in [0, 0.05) is 35.8 Å². The summed E-state index contributed by atoms with van der Waals surface area (Å²) in [5.74, 6) is -0.742. The van der Waals surface area contributed by atoms with Gasteiger partial charge in [-0.3, -0.25) is 4.79 Å². The van der Waals surface area contributed by atoms with Gasteiger partial charge < -0.3 is 9.32 Å². The minimum absolute atomic E-state index is 0.120. The van der Waals surface area contributed by atoms with Crippen LogP contribution in [0.5, 0.6) is 0 Å². The van der Waals surface area contributed by atoms with E-state index in [1.54, 1.807) is 12.1 Å². The van der Waals surface area contributed by atoms with Crippen LogP contribution in [0, 0.1) is 0 Å². The number of rotatable bonds is 6. The summed E-state index contributed by atoms with van der Waals surface area (Å²) in [6.45, 7) is 5.60. The fourth-order valence-electron chi connectivity index (χ4n) is 2.99. The predicted octanol–water partition coefficient (Wildman–Crippen LogP) is 3.53. The standard InChI is InChI=1S/C20H18FNO5S/c1-3-22(4-2)15-9-8-13-11-17(20(24)27-18(13)12-15)19(23)14-6-5-7-16(10-14)28(21,25)26/h5-12H,3-4H2,1-2H3. The number of carbonyl (C=O) groups is 1. The molecule has 0 aliphatic carbocycles. The molecule has 0 bridgehead atoms. The van der Waals surface area contributed by atoms with Gasteiger partial charge in [-0.1, -0.05) is 12.1 Å². The fraction of sp³-hybridized carbons (Fsp3) is 0.200. The number of benzene rings is 2. The second kappa shape index (κ2) is 7.55. The van der Waals surface area contributed by atoms with Gasteiger partial charge in [-0.2, -0.15) is 8.42 Å². The van der Waals surface area contributed by atoms with Crippen LogP contribution in [0.3, 0.4) is 0 Å². The molecule has 0 radical (unpaired) electrons. The molecule has 146 valence electrons. The van der Waals surface area contributed by atoms with E-state index < -0.39 is 26.5 Å². The molecule has 0 aliphatic heterocycles. The molecule has 0 unspecified atom stereocenters. The van der Waals surface area contributed by atoms with Gasteiger partial charge in [-0.05, 0) is 44.2 Å². The van der Waals surface area contributed by atoms with Crippen molar-refractivity contribution in [2.75, 3.05) is 18.0 Å². The molecule has 0 spiro atoms. The van der Waals surface area contributed by atoms with E-state index in [4.69, 9.17) is 4.42 Å². The van der Waals surface area contributed by atoms with Crippen molar-refractivity contribution in [1.82, 2.24) is 0 Å². The highest BCUT2D eigenvalue weighted by Crippen LogP contribution is 2.23. The molecule has 0 saturated heterocycles. The van der Waals surface area contributed by atoms with Crippen LogP contribution in [0.25, 0.3) is 11.0 Å². The van der Waals surface area contributed by atoms with Crippen molar-refractivity contribution in [2.24, 2.45) is 0 Å². The summed E-state index contributed by atoms with van der Waals surface area (Å²) in [6, 6.07) is 11.2. The summed E-state index contributed by atoms with van der Waals surface area (Å²) in [5, 5.41) is 0.549. The van der Waals surface area contributed by atoms with Crippen molar-refractivity contribution in [1.29, 1.82) is 0 Å². The second-order valence-electron chi connectivity index (χ2n) is 6.14. The molecule has 6 nitrogen and oxygen atoms in total. The molecule has 3 aromatic rings. The van der Waals surface area contributed by atoms with Crippen LogP contribution in [0.1, 0.15) is 29.8 Å². The van der Waals surface area contributed by atoms with Crippen molar-refractivity contribution in [3.8, 4) is 0 Å². The third-order valence-corrected chi connectivity index (χ3v) is 5.29. The van der Waals surface area contributed by atoms with Crippen LogP contribution in [0.4, 0.5) is 9.57 Å². The number of hydrogen-bond donors (Lipinski definition) is 0. The third-order valence-electron chi connectivity index (χ3n) is 4.47. The number of nitrogens with zero attached hydrogens (tertiary/aromatic N) is 1. The lowest BCUT2D eigenvalue weighted by atomic mass is 10.0. The lowest BCUT2D eigenvalue weighted by Gasteiger charge is -2.20. The predicted molar refractivity (Wildman–Crippen MR) is 104 cm³/mol. The average molecular weight is 403 g/mol. The molecule has 0 atom stereocenters. The zero-order chi connectivity index (χ0) is 20.5. The third kappa shape index (κ3) is 3.82. The van der Waals surface area contributed by atoms with E-state index in [2.05, 4.69) is 4.90 Å². The Balaban J connectivity index is 2.07. The monoisotopic (exact) mass is 403 g/mol. The SMILES string of the molecule is CCN(CC)c1ccc2cc(C(=O)c3cccc(S(=O)(=O)F)c3)c(=O)oc2c1. The van der Waals surface area contributed by atoms with Crippen LogP contribution < -0.4 is 10.5 Å². The second-order valence-corrected chi connectivity index (χ2v) is 7.48. The number of halogens is 1. The highest BCUT2D eigenvalue weighted by Gasteiger charge is 2.19. The van der Waals surface area contributed by atoms with E-state index in [0.29, 0.717) is 11.0 Å². The minimum atomic E-state index is -4.96. The molecule has 3 rings (SSSR count). The van der Waals surface area contributed by atoms with Crippen molar-refractivity contribution < 1.29 is 21.5 Å². The molecule has 0 aliphatic rings. The van der Waals surface area contributed by atoms with Gasteiger partial charge in [-0.15, -0.1) is 3.89 Å². The molecule has 1 aromatic heterocycles. The topological polar surface area (TPSA) is 84.7 Å². The average Bonchev–Trinajstić information content (AvgIpc) is 2.67. The lowest BCUT2D eigenvalue weighted by molar-refractivity contribution is 0.103. The van der Waals surface area contributed by atoms with E-state index in [1.165, 1.54) is 18.2 Å². The van der Waals surface area contributed by atoms with Gasteiger partial charge in [-0.25, -0.2) is 4.79 Å². The molecule has 0 amide bonds. The number of ketones is 1. The zero-order valence-electron chi connectivity index (χ0n) is 15.3. The summed E-state index contributed by atoms with van der Waals surface area (Å²) in [7, 11) is -4.96. The first-order valence-corrected chi connectivity index (χ1v) is 10.0. The van der Waals surface area contributed by atoms with Gasteiger partial charge in [0.25, 0.3) is 0 Å². The number of fused-ring (bicyclic) bond motifs is 1. The maximum atomic E-state index is 13.2. The molecule has 28 heavy (non-hydrogen) atoms. The first-order chi connectivity index (χ1) is 13.2. The Labute approximate surface area is 161 Å². The Morgan fingerprint density at radius 1 is 1.07 bits per heavy atom. The summed E-state index contributed by atoms with van der Waals surface area (Å²) in [5.41, 5.74) is 0.0101. The summed E-state index contributed by atoms with van der Waals surface area (Å²) in [6.07, 6.45) is 0. The van der Waals surface area contributed by atoms with Gasteiger partial charge in [0.1, 0.15) is 11.1 Å². The molecule has 0 fully saturated rings. The first kappa shape index (κ1) is 19.8. The van der Waals surface area contributed by atoms with Gasteiger partial charge in [0.15, 0.2) is 5.78 Å². The Morgan fingerprint density at radius 3 is 2.43 bits per heavy atom. The Morgan fingerprint density at radius 2 is 1.79 bits per heavy atom. The smallest absolute Gasteiger partial charge is 0.347 e. The van der Waals surface area contributed by atoms with Crippen LogP contribution >= 0.6 is 0 Å². The van der Waals surface area contributed by atoms with Crippen LogP contribution in [0.2, 0.25) is 0 Å². The Hall–Kier alpha value is -3.00. The van der Waals surface area contributed by atoms with Crippen LogP contribution in [-0.2, 0) is 10.2 Å². The molecule has 2 aromatic carbocycles. The van der Waals surface area contributed by atoms with Crippen molar-refractivity contribution in [3.63, 3.8) is 0 Å². The molecule has 1 heterocycles. The minimum Gasteiger partial charge on any atom is -0.422 e. The van der Waals surface area contributed by atoms with Gasteiger partial charge >= 0.3 is 15.8 Å². The van der Waals surface area contributed by atoms with Crippen molar-refractivity contribution in [3.05, 3.63) is 70.1 Å². The first-order valence-electron chi connectivity index (χ1n) is 8.67. The van der Waals surface area contributed by atoms with Crippen LogP contribution in [-0.4, -0.2) is 27.3 Å². The summed E-state index contributed by atoms with van der Waals surface area (Å²) < 4.78 is 40.6. The highest BCUT2D eigenvalue weighted by molar-refractivity contribution is 7.86. The lowest BCUT2D eigenvalue weighted by Crippen LogP contribution is -2.21. The fourth-order valence-corrected chi connectivity index (χ4v) is 3.50. The molecule has 0 saturated carbocycles. The van der Waals surface area contributed by atoms with Crippen molar-refractivity contribution in [2.45, 2.75) is 18.7 Å². The zero-order valence-corrected chi connectivity index (χ0v) is 16.1. The Kier molecular flexibility index (Phi) is 5.33. The molecule has 8 heteroatoms. The van der Waals surface area contributed by atoms with E-state index in [-0.39, 0.29) is 11.1 Å². The van der Waals surface area contributed by atoms with E-state index >= 15 is 0 Å². The Bertz CT molecular complexity index is 1210. The van der Waals surface area contributed by atoms with Gasteiger partial charge in [0.05, 0.1) is 4.90 Å². The van der Waals surface area contributed by atoms with Crippen molar-refractivity contribution >= 4 is 32.7 Å². The maximum Gasteiger partial charge on any atom is 0.347 e. The maximum absolute atomic E-state index is 13.2. The van der Waals surface area contributed by atoms with Gasteiger partial charge in [0.2, 0.25) is 0 Å². The largest absolute Gasteiger partial charge is 0.422 e. The normalized spacial score (nSPS) is 11.5. The molecular formula is C20H18FNO5S. The summed E-state index contributed by atoms with van der Waals surface area (Å²) in [4.78, 5) is 26.5. The van der Waals surface area contributed by atoms with E-state index in [9.17, 15) is 21.9 Å². The molecular weight excluding hydrogens is 385 g/mol. The highest BCUT2D eigenvalue weighted by atomic mass is 32.3. The number of carbonyl (C=O) groups excluding carboxylic acids is 1. The van der Waals surface area contributed by atoms with Crippen LogP contribution in [0.15, 0.2) is 62.6 Å².